The summed E-state index contributed by atoms with van der Waals surface area (Å²) in [4.78, 5) is 2.35. The number of benzene rings is 1. The number of para-hydroxylation sites is 1. The summed E-state index contributed by atoms with van der Waals surface area (Å²) in [5.74, 6) is 1.09. The van der Waals surface area contributed by atoms with Gasteiger partial charge in [-0.25, -0.2) is 0 Å². The lowest BCUT2D eigenvalue weighted by Crippen LogP contribution is -2.40. The maximum Gasteiger partial charge on any atom is 0.152 e. The molecule has 1 atom stereocenters. The second-order valence-electron chi connectivity index (χ2n) is 6.92. The van der Waals surface area contributed by atoms with Crippen LogP contribution in [0.1, 0.15) is 24.0 Å². The van der Waals surface area contributed by atoms with Crippen molar-refractivity contribution in [2.24, 2.45) is 0 Å². The number of hydrogen-bond acceptors (Lipinski definition) is 6. The zero-order valence-corrected chi connectivity index (χ0v) is 14.5. The molecule has 6 nitrogen and oxygen atoms in total. The van der Waals surface area contributed by atoms with Gasteiger partial charge >= 0.3 is 0 Å². The SMILES string of the molecule is CN1CCC[C@@H](Nc2nnc(-c3ccccc3O)c3c2CCOC3)C1. The van der Waals surface area contributed by atoms with E-state index in [9.17, 15) is 5.11 Å². The van der Waals surface area contributed by atoms with Crippen molar-refractivity contribution in [3.05, 3.63) is 35.4 Å². The fraction of sp³-hybridized carbons (Fsp3) is 0.474. The van der Waals surface area contributed by atoms with Crippen molar-refractivity contribution in [3.63, 3.8) is 0 Å². The van der Waals surface area contributed by atoms with Crippen LogP contribution < -0.4 is 5.32 Å². The van der Waals surface area contributed by atoms with Crippen molar-refractivity contribution in [2.75, 3.05) is 32.1 Å². The number of aromatic nitrogens is 2. The van der Waals surface area contributed by atoms with E-state index in [-0.39, 0.29) is 5.75 Å². The van der Waals surface area contributed by atoms with Gasteiger partial charge in [0.2, 0.25) is 0 Å². The van der Waals surface area contributed by atoms with Crippen LogP contribution in [-0.2, 0) is 17.8 Å². The third-order valence-electron chi connectivity index (χ3n) is 5.05. The van der Waals surface area contributed by atoms with Crippen molar-refractivity contribution >= 4 is 5.82 Å². The Morgan fingerprint density at radius 3 is 2.96 bits per heavy atom. The average Bonchev–Trinajstić information content (AvgIpc) is 2.63. The number of likely N-dealkylation sites (N-methyl/N-ethyl adjacent to an activating group) is 1. The van der Waals surface area contributed by atoms with E-state index in [2.05, 4.69) is 27.5 Å². The van der Waals surface area contributed by atoms with Crippen molar-refractivity contribution in [2.45, 2.75) is 31.9 Å². The fourth-order valence-corrected chi connectivity index (χ4v) is 3.76. The van der Waals surface area contributed by atoms with Gasteiger partial charge in [0.05, 0.1) is 13.2 Å². The quantitative estimate of drug-likeness (QED) is 0.894. The molecule has 2 aromatic rings. The number of phenols is 1. The largest absolute Gasteiger partial charge is 0.507 e. The van der Waals surface area contributed by atoms with Crippen molar-refractivity contribution in [1.29, 1.82) is 0 Å². The Hall–Kier alpha value is -2.18. The van der Waals surface area contributed by atoms with E-state index < -0.39 is 0 Å². The van der Waals surface area contributed by atoms with Gasteiger partial charge in [-0.05, 0) is 45.0 Å². The number of hydrogen-bond donors (Lipinski definition) is 2. The highest BCUT2D eigenvalue weighted by atomic mass is 16.5. The monoisotopic (exact) mass is 340 g/mol. The lowest BCUT2D eigenvalue weighted by atomic mass is 9.97. The smallest absolute Gasteiger partial charge is 0.152 e. The molecule has 1 saturated heterocycles. The number of rotatable bonds is 3. The van der Waals surface area contributed by atoms with Crippen LogP contribution in [0.5, 0.6) is 5.75 Å². The molecule has 0 radical (unpaired) electrons. The molecule has 0 saturated carbocycles. The lowest BCUT2D eigenvalue weighted by molar-refractivity contribution is 0.111. The molecule has 2 aliphatic rings. The Balaban J connectivity index is 1.69. The molecule has 0 amide bonds. The second kappa shape index (κ2) is 6.98. The summed E-state index contributed by atoms with van der Waals surface area (Å²) in [6.07, 6.45) is 3.16. The van der Waals surface area contributed by atoms with Crippen LogP contribution in [-0.4, -0.2) is 53.0 Å². The van der Waals surface area contributed by atoms with Gasteiger partial charge in [-0.3, -0.25) is 0 Å². The number of nitrogens with one attached hydrogen (secondary N) is 1. The van der Waals surface area contributed by atoms with E-state index >= 15 is 0 Å². The van der Waals surface area contributed by atoms with Crippen LogP contribution in [0.3, 0.4) is 0 Å². The van der Waals surface area contributed by atoms with E-state index in [1.54, 1.807) is 6.07 Å². The summed E-state index contributed by atoms with van der Waals surface area (Å²) >= 11 is 0. The number of likely N-dealkylation sites (tertiary alicyclic amines) is 1. The zero-order chi connectivity index (χ0) is 17.2. The van der Waals surface area contributed by atoms with Crippen molar-refractivity contribution in [1.82, 2.24) is 15.1 Å². The molecule has 0 bridgehead atoms. The number of aromatic hydroxyl groups is 1. The summed E-state index contributed by atoms with van der Waals surface area (Å²) in [6.45, 7) is 3.38. The number of phenolic OH excluding ortho intramolecular Hbond substituents is 1. The van der Waals surface area contributed by atoms with E-state index in [0.29, 0.717) is 24.8 Å². The topological polar surface area (TPSA) is 70.5 Å². The number of anilines is 1. The fourth-order valence-electron chi connectivity index (χ4n) is 3.76. The molecule has 1 aromatic carbocycles. The van der Waals surface area contributed by atoms with Gasteiger partial charge in [-0.2, -0.15) is 0 Å². The molecular weight excluding hydrogens is 316 g/mol. The maximum absolute atomic E-state index is 10.2. The van der Waals surface area contributed by atoms with Crippen LogP contribution in [0.15, 0.2) is 24.3 Å². The van der Waals surface area contributed by atoms with Gasteiger partial charge in [0.15, 0.2) is 5.82 Å². The molecule has 3 heterocycles. The van der Waals surface area contributed by atoms with Gasteiger partial charge < -0.3 is 20.1 Å². The van der Waals surface area contributed by atoms with Gasteiger partial charge in [0.25, 0.3) is 0 Å². The predicted octanol–water partition coefficient (Wildman–Crippen LogP) is 2.43. The molecule has 132 valence electrons. The van der Waals surface area contributed by atoms with Crippen LogP contribution in [0.2, 0.25) is 0 Å². The molecule has 2 N–H and O–H groups in total. The Morgan fingerprint density at radius 1 is 1.24 bits per heavy atom. The summed E-state index contributed by atoms with van der Waals surface area (Å²) < 4.78 is 5.67. The third-order valence-corrected chi connectivity index (χ3v) is 5.05. The predicted molar refractivity (Wildman–Crippen MR) is 96.6 cm³/mol. The first kappa shape index (κ1) is 16.3. The number of piperidine rings is 1. The van der Waals surface area contributed by atoms with E-state index in [4.69, 9.17) is 4.74 Å². The Bertz CT molecular complexity index is 765. The van der Waals surface area contributed by atoms with Crippen molar-refractivity contribution < 1.29 is 9.84 Å². The van der Waals surface area contributed by atoms with E-state index in [0.717, 1.165) is 43.0 Å². The molecule has 6 heteroatoms. The third kappa shape index (κ3) is 3.32. The molecule has 25 heavy (non-hydrogen) atoms. The number of ether oxygens (including phenoxy) is 1. The maximum atomic E-state index is 10.2. The van der Waals surface area contributed by atoms with Crippen LogP contribution in [0.4, 0.5) is 5.82 Å². The minimum absolute atomic E-state index is 0.221. The lowest BCUT2D eigenvalue weighted by Gasteiger charge is -2.31. The van der Waals surface area contributed by atoms with Crippen LogP contribution in [0, 0.1) is 0 Å². The zero-order valence-electron chi connectivity index (χ0n) is 14.5. The van der Waals surface area contributed by atoms with Gasteiger partial charge in [0, 0.05) is 29.3 Å². The average molecular weight is 340 g/mol. The highest BCUT2D eigenvalue weighted by molar-refractivity contribution is 5.72. The van der Waals surface area contributed by atoms with Gasteiger partial charge in [0.1, 0.15) is 11.4 Å². The summed E-state index contributed by atoms with van der Waals surface area (Å²) in [5.41, 5.74) is 3.64. The van der Waals surface area contributed by atoms with E-state index in [1.165, 1.54) is 12.0 Å². The highest BCUT2D eigenvalue weighted by Crippen LogP contribution is 2.35. The number of nitrogens with zero attached hydrogens (tertiary/aromatic N) is 3. The second-order valence-corrected chi connectivity index (χ2v) is 6.92. The molecule has 1 fully saturated rings. The number of fused-ring (bicyclic) bond motifs is 1. The van der Waals surface area contributed by atoms with Crippen molar-refractivity contribution in [3.8, 4) is 17.0 Å². The molecule has 0 aliphatic carbocycles. The minimum Gasteiger partial charge on any atom is -0.507 e. The van der Waals surface area contributed by atoms with Gasteiger partial charge in [-0.1, -0.05) is 12.1 Å². The first-order valence-corrected chi connectivity index (χ1v) is 8.92. The minimum atomic E-state index is 0.221. The normalized spacial score (nSPS) is 20.9. The molecule has 2 aliphatic heterocycles. The molecular formula is C19H24N4O2. The standard InChI is InChI=1S/C19H24N4O2/c1-23-9-4-5-13(11-23)20-19-14-8-10-25-12-16(14)18(21-22-19)15-6-2-3-7-17(15)24/h2-3,6-7,13,24H,4-5,8-12H2,1H3,(H,20,22)/t13-/m1/s1. The first-order chi connectivity index (χ1) is 12.2. The van der Waals surface area contributed by atoms with Gasteiger partial charge in [-0.15, -0.1) is 10.2 Å². The summed E-state index contributed by atoms with van der Waals surface area (Å²) in [7, 11) is 2.16. The highest BCUT2D eigenvalue weighted by Gasteiger charge is 2.25. The van der Waals surface area contributed by atoms with E-state index in [1.807, 2.05) is 18.2 Å². The Labute approximate surface area is 147 Å². The Morgan fingerprint density at radius 2 is 2.12 bits per heavy atom. The Kier molecular flexibility index (Phi) is 4.55. The first-order valence-electron chi connectivity index (χ1n) is 8.92. The summed E-state index contributed by atoms with van der Waals surface area (Å²) in [6, 6.07) is 7.66. The molecule has 1 aromatic heterocycles. The molecule has 4 rings (SSSR count). The van der Waals surface area contributed by atoms with Crippen LogP contribution >= 0.6 is 0 Å². The molecule has 0 spiro atoms. The summed E-state index contributed by atoms with van der Waals surface area (Å²) in [5, 5.41) is 22.7. The molecule has 0 unspecified atom stereocenters. The van der Waals surface area contributed by atoms with Crippen LogP contribution in [0.25, 0.3) is 11.3 Å².